The minimum Gasteiger partial charge on any atom is -0.292 e. The Balaban J connectivity index is 1.85. The maximum atomic E-state index is 12.6. The van der Waals surface area contributed by atoms with Crippen molar-refractivity contribution in [1.82, 2.24) is 4.98 Å². The van der Waals surface area contributed by atoms with Crippen molar-refractivity contribution in [3.05, 3.63) is 29.6 Å². The number of carbonyl (C=O) groups excluding carboxylic acids is 1. The van der Waals surface area contributed by atoms with Gasteiger partial charge in [-0.2, -0.15) is 5.26 Å². The molecule has 104 valence electrons. The van der Waals surface area contributed by atoms with Crippen LogP contribution in [0.4, 0.5) is 0 Å². The summed E-state index contributed by atoms with van der Waals surface area (Å²) < 4.78 is 12.2. The molecule has 2 aliphatic rings. The highest BCUT2D eigenvalue weighted by Crippen LogP contribution is 2.38. The third-order valence-electron chi connectivity index (χ3n) is 4.34. The van der Waals surface area contributed by atoms with Crippen LogP contribution < -0.4 is 0 Å². The van der Waals surface area contributed by atoms with E-state index in [1.807, 2.05) is 6.07 Å². The Labute approximate surface area is 120 Å². The van der Waals surface area contributed by atoms with E-state index in [0.717, 1.165) is 19.3 Å². The molecule has 5 heteroatoms. The average Bonchev–Trinajstić information content (AvgIpc) is 2.46. The van der Waals surface area contributed by atoms with E-state index in [1.54, 1.807) is 18.3 Å². The van der Waals surface area contributed by atoms with E-state index in [2.05, 4.69) is 4.98 Å². The second kappa shape index (κ2) is 5.45. The topological polar surface area (TPSA) is 70.8 Å². The Morgan fingerprint density at radius 1 is 1.35 bits per heavy atom. The second-order valence-electron chi connectivity index (χ2n) is 5.55. The van der Waals surface area contributed by atoms with E-state index in [-0.39, 0.29) is 27.9 Å². The smallest absolute Gasteiger partial charge is 0.185 e. The van der Waals surface area contributed by atoms with Crippen LogP contribution in [0.1, 0.15) is 48.2 Å². The number of rotatable bonds is 2. The standard InChI is InChI=1S/C15H16N2O2S/c16-9-10-3-2-6-17-14(10)15(18)11-7-12-4-1-5-13(8-11)20(12)19/h2-3,6,11-13H,1,4-5,7-8H2. The Morgan fingerprint density at radius 2 is 2.05 bits per heavy atom. The number of carbonyl (C=O) groups is 1. The Hall–Kier alpha value is -1.54. The summed E-state index contributed by atoms with van der Waals surface area (Å²) in [5.41, 5.74) is 0.625. The lowest BCUT2D eigenvalue weighted by Crippen LogP contribution is -2.41. The predicted molar refractivity (Wildman–Crippen MR) is 75.6 cm³/mol. The van der Waals surface area contributed by atoms with Crippen LogP contribution in [-0.4, -0.2) is 25.5 Å². The van der Waals surface area contributed by atoms with Gasteiger partial charge in [-0.3, -0.25) is 14.0 Å². The van der Waals surface area contributed by atoms with Crippen molar-refractivity contribution >= 4 is 16.6 Å². The molecule has 4 nitrogen and oxygen atoms in total. The molecule has 3 rings (SSSR count). The van der Waals surface area contributed by atoms with Crippen LogP contribution in [-0.2, 0) is 10.8 Å². The second-order valence-corrected chi connectivity index (χ2v) is 7.54. The van der Waals surface area contributed by atoms with Gasteiger partial charge in [-0.1, -0.05) is 6.42 Å². The fraction of sp³-hybridized carbons (Fsp3) is 0.533. The molecule has 1 aromatic heterocycles. The third kappa shape index (κ3) is 2.29. The summed E-state index contributed by atoms with van der Waals surface area (Å²) in [4.78, 5) is 16.7. The van der Waals surface area contributed by atoms with Gasteiger partial charge in [0.1, 0.15) is 11.8 Å². The number of hydrogen-bond acceptors (Lipinski definition) is 4. The first kappa shape index (κ1) is 13.4. The minimum atomic E-state index is -0.774. The largest absolute Gasteiger partial charge is 0.292 e. The monoisotopic (exact) mass is 288 g/mol. The number of nitriles is 1. The van der Waals surface area contributed by atoms with Crippen molar-refractivity contribution in [3.63, 3.8) is 0 Å². The van der Waals surface area contributed by atoms with Crippen LogP contribution in [0, 0.1) is 17.2 Å². The Kier molecular flexibility index (Phi) is 3.66. The van der Waals surface area contributed by atoms with Gasteiger partial charge in [0, 0.05) is 33.4 Å². The van der Waals surface area contributed by atoms with Gasteiger partial charge in [-0.05, 0) is 37.8 Å². The zero-order valence-corrected chi connectivity index (χ0v) is 11.9. The van der Waals surface area contributed by atoms with Gasteiger partial charge in [0.05, 0.1) is 5.56 Å². The third-order valence-corrected chi connectivity index (χ3v) is 6.51. The molecule has 1 aromatic rings. The molecule has 20 heavy (non-hydrogen) atoms. The molecule has 0 spiro atoms. The number of aromatic nitrogens is 1. The van der Waals surface area contributed by atoms with E-state index < -0.39 is 10.8 Å². The highest BCUT2D eigenvalue weighted by atomic mass is 32.2. The van der Waals surface area contributed by atoms with Gasteiger partial charge >= 0.3 is 0 Å². The van der Waals surface area contributed by atoms with Crippen LogP contribution in [0.3, 0.4) is 0 Å². The van der Waals surface area contributed by atoms with Crippen LogP contribution in [0.25, 0.3) is 0 Å². The first-order chi connectivity index (χ1) is 9.70. The van der Waals surface area contributed by atoms with Crippen molar-refractivity contribution in [2.24, 2.45) is 5.92 Å². The highest BCUT2D eigenvalue weighted by molar-refractivity contribution is 7.86. The quantitative estimate of drug-likeness (QED) is 0.782. The lowest BCUT2D eigenvalue weighted by Gasteiger charge is -2.37. The number of nitrogens with zero attached hydrogens (tertiary/aromatic N) is 2. The molecule has 2 aliphatic heterocycles. The number of ketones is 1. The summed E-state index contributed by atoms with van der Waals surface area (Å²) in [6.45, 7) is 0. The number of fused-ring (bicyclic) bond motifs is 2. The maximum absolute atomic E-state index is 12.6. The van der Waals surface area contributed by atoms with Gasteiger partial charge in [-0.25, -0.2) is 0 Å². The Bertz CT molecular complexity index is 592. The van der Waals surface area contributed by atoms with E-state index in [9.17, 15) is 9.00 Å². The molecule has 0 aromatic carbocycles. The lowest BCUT2D eigenvalue weighted by molar-refractivity contribution is 0.0890. The van der Waals surface area contributed by atoms with Crippen molar-refractivity contribution in [2.45, 2.75) is 42.6 Å². The van der Waals surface area contributed by atoms with Gasteiger partial charge in [0.2, 0.25) is 0 Å². The zero-order valence-electron chi connectivity index (χ0n) is 11.1. The van der Waals surface area contributed by atoms with Crippen LogP contribution in [0.15, 0.2) is 18.3 Å². The number of hydrogen-bond donors (Lipinski definition) is 0. The average molecular weight is 288 g/mol. The molecule has 3 heterocycles. The van der Waals surface area contributed by atoms with E-state index in [1.165, 1.54) is 0 Å². The van der Waals surface area contributed by atoms with Crippen LogP contribution in [0.5, 0.6) is 0 Å². The minimum absolute atomic E-state index is 0.0456. The molecular weight excluding hydrogens is 272 g/mol. The molecule has 0 radical (unpaired) electrons. The molecule has 2 unspecified atom stereocenters. The molecule has 2 saturated heterocycles. The summed E-state index contributed by atoms with van der Waals surface area (Å²) >= 11 is 0. The summed E-state index contributed by atoms with van der Waals surface area (Å²) in [5, 5.41) is 9.39. The van der Waals surface area contributed by atoms with E-state index in [4.69, 9.17) is 5.26 Å². The highest BCUT2D eigenvalue weighted by Gasteiger charge is 2.41. The molecule has 0 N–H and O–H groups in total. The van der Waals surface area contributed by atoms with Gasteiger partial charge in [0.25, 0.3) is 0 Å². The van der Waals surface area contributed by atoms with Gasteiger partial charge in [-0.15, -0.1) is 0 Å². The van der Waals surface area contributed by atoms with Gasteiger partial charge < -0.3 is 0 Å². The van der Waals surface area contributed by atoms with E-state index >= 15 is 0 Å². The molecule has 2 bridgehead atoms. The Morgan fingerprint density at radius 3 is 2.70 bits per heavy atom. The predicted octanol–water partition coefficient (Wildman–Crippen LogP) is 2.22. The molecule has 0 amide bonds. The first-order valence-corrected chi connectivity index (χ1v) is 8.27. The van der Waals surface area contributed by atoms with Crippen molar-refractivity contribution < 1.29 is 9.00 Å². The molecule has 2 fully saturated rings. The summed E-state index contributed by atoms with van der Waals surface area (Å²) in [6.07, 6.45) is 5.96. The first-order valence-electron chi connectivity index (χ1n) is 6.99. The van der Waals surface area contributed by atoms with E-state index in [0.29, 0.717) is 18.4 Å². The summed E-state index contributed by atoms with van der Waals surface area (Å²) in [6, 6.07) is 5.33. The maximum Gasteiger partial charge on any atom is 0.185 e. The summed E-state index contributed by atoms with van der Waals surface area (Å²) in [7, 11) is -0.774. The van der Waals surface area contributed by atoms with Crippen LogP contribution >= 0.6 is 0 Å². The molecule has 0 aliphatic carbocycles. The lowest BCUT2D eigenvalue weighted by atomic mass is 9.85. The normalized spacial score (nSPS) is 32.4. The van der Waals surface area contributed by atoms with Gasteiger partial charge in [0.15, 0.2) is 5.78 Å². The van der Waals surface area contributed by atoms with Crippen molar-refractivity contribution in [1.29, 1.82) is 5.26 Å². The van der Waals surface area contributed by atoms with Crippen molar-refractivity contribution in [3.8, 4) is 6.07 Å². The molecule has 0 saturated carbocycles. The number of Topliss-reactive ketones (excluding diaryl/α,β-unsaturated/α-hetero) is 1. The van der Waals surface area contributed by atoms with Crippen molar-refractivity contribution in [2.75, 3.05) is 0 Å². The summed E-state index contributed by atoms with van der Waals surface area (Å²) in [5.74, 6) is -0.166. The molecular formula is C15H16N2O2S. The SMILES string of the molecule is N#Cc1cccnc1C(=O)C1CC2CCCC(C1)S2=O. The fourth-order valence-electron chi connectivity index (χ4n) is 3.33. The van der Waals surface area contributed by atoms with Crippen LogP contribution in [0.2, 0.25) is 0 Å². The zero-order chi connectivity index (χ0) is 14.1. The molecule has 2 atom stereocenters. The number of pyridine rings is 1. The fourth-order valence-corrected chi connectivity index (χ4v) is 5.52.